The number of alkyl halides is 1. The van der Waals surface area contributed by atoms with Crippen molar-refractivity contribution in [2.24, 2.45) is 5.73 Å². The van der Waals surface area contributed by atoms with Crippen LogP contribution in [0.3, 0.4) is 0 Å². The molecule has 1 aliphatic heterocycles. The fourth-order valence-corrected chi connectivity index (χ4v) is 2.46. The third-order valence-corrected chi connectivity index (χ3v) is 3.79. The molecule has 0 saturated carbocycles. The lowest BCUT2D eigenvalue weighted by Gasteiger charge is -2.50. The van der Waals surface area contributed by atoms with Gasteiger partial charge in [0.05, 0.1) is 3.55 Å². The van der Waals surface area contributed by atoms with Crippen molar-refractivity contribution in [2.75, 3.05) is 13.1 Å². The number of rotatable bonds is 2. The molecule has 1 unspecified atom stereocenters. The Morgan fingerprint density at radius 1 is 1.70 bits per heavy atom. The highest BCUT2D eigenvalue weighted by atomic mass is 127. The lowest BCUT2D eigenvalue weighted by molar-refractivity contribution is 0.0492. The first-order valence-electron chi connectivity index (χ1n) is 3.76. The fraction of sp³-hybridized carbons (Fsp3) is 1.00. The molecular weight excluding hydrogens is 239 g/mol. The van der Waals surface area contributed by atoms with Crippen molar-refractivity contribution in [2.45, 2.75) is 29.9 Å². The minimum absolute atomic E-state index is 0.284. The maximum atomic E-state index is 5.65. The van der Waals surface area contributed by atoms with Crippen LogP contribution >= 0.6 is 22.6 Å². The summed E-state index contributed by atoms with van der Waals surface area (Å²) >= 11 is 2.47. The summed E-state index contributed by atoms with van der Waals surface area (Å²) in [7, 11) is 0. The Kier molecular flexibility index (Phi) is 2.58. The van der Waals surface area contributed by atoms with Crippen LogP contribution in [-0.4, -0.2) is 27.6 Å². The van der Waals surface area contributed by atoms with E-state index in [0.29, 0.717) is 6.04 Å². The molecule has 2 N–H and O–H groups in total. The van der Waals surface area contributed by atoms with Crippen molar-refractivity contribution < 1.29 is 0 Å². The molecule has 10 heavy (non-hydrogen) atoms. The molecule has 1 heterocycles. The lowest BCUT2D eigenvalue weighted by atomic mass is 10.0. The van der Waals surface area contributed by atoms with Crippen LogP contribution in [0.25, 0.3) is 0 Å². The van der Waals surface area contributed by atoms with E-state index in [1.165, 1.54) is 13.0 Å². The molecule has 0 aromatic heterocycles. The van der Waals surface area contributed by atoms with Crippen molar-refractivity contribution in [3.63, 3.8) is 0 Å². The van der Waals surface area contributed by atoms with E-state index in [9.17, 15) is 0 Å². The number of nitrogens with zero attached hydrogens (tertiary/aromatic N) is 1. The molecule has 0 aromatic carbocycles. The minimum atomic E-state index is 0.284. The van der Waals surface area contributed by atoms with Crippen molar-refractivity contribution >= 4 is 22.6 Å². The Balaban J connectivity index is 2.49. The van der Waals surface area contributed by atoms with Crippen LogP contribution in [0.4, 0.5) is 0 Å². The lowest BCUT2D eigenvalue weighted by Crippen LogP contribution is -2.61. The van der Waals surface area contributed by atoms with Crippen LogP contribution in [0.2, 0.25) is 0 Å². The van der Waals surface area contributed by atoms with Gasteiger partial charge in [-0.3, -0.25) is 4.90 Å². The van der Waals surface area contributed by atoms with Gasteiger partial charge in [-0.15, -0.1) is 0 Å². The maximum absolute atomic E-state index is 5.65. The molecule has 1 aliphatic rings. The Hall–Kier alpha value is 0.650. The molecular formula is C7H15IN2. The van der Waals surface area contributed by atoms with Crippen molar-refractivity contribution in [1.82, 2.24) is 4.90 Å². The van der Waals surface area contributed by atoms with Gasteiger partial charge in [0.2, 0.25) is 0 Å². The number of hydrogen-bond acceptors (Lipinski definition) is 2. The second kappa shape index (κ2) is 2.95. The molecule has 0 aliphatic carbocycles. The summed E-state index contributed by atoms with van der Waals surface area (Å²) in [6.45, 7) is 6.45. The van der Waals surface area contributed by atoms with Gasteiger partial charge in [0, 0.05) is 19.1 Å². The SMILES string of the molecule is CC(C)N1CCC1(I)CN. The third-order valence-electron chi connectivity index (χ3n) is 2.19. The Morgan fingerprint density at radius 3 is 2.40 bits per heavy atom. The van der Waals surface area contributed by atoms with Crippen molar-refractivity contribution in [3.05, 3.63) is 0 Å². The van der Waals surface area contributed by atoms with Crippen LogP contribution < -0.4 is 5.73 Å². The minimum Gasteiger partial charge on any atom is -0.328 e. The van der Waals surface area contributed by atoms with Gasteiger partial charge >= 0.3 is 0 Å². The van der Waals surface area contributed by atoms with E-state index in [1.54, 1.807) is 0 Å². The van der Waals surface area contributed by atoms with Crippen LogP contribution in [0.1, 0.15) is 20.3 Å². The molecule has 0 bridgehead atoms. The van der Waals surface area contributed by atoms with E-state index in [2.05, 4.69) is 41.3 Å². The molecule has 1 atom stereocenters. The van der Waals surface area contributed by atoms with E-state index in [4.69, 9.17) is 5.73 Å². The first kappa shape index (κ1) is 8.74. The third kappa shape index (κ3) is 1.31. The average Bonchev–Trinajstić information content (AvgIpc) is 1.83. The largest absolute Gasteiger partial charge is 0.328 e. The smallest absolute Gasteiger partial charge is 0.0868 e. The van der Waals surface area contributed by atoms with Crippen LogP contribution in [0, 0.1) is 0 Å². The standard InChI is InChI=1S/C7H15IN2/c1-6(2)10-4-3-7(10,8)5-9/h6H,3-5,9H2,1-2H3. The Labute approximate surface area is 76.3 Å². The number of likely N-dealkylation sites (tertiary alicyclic amines) is 1. The first-order valence-corrected chi connectivity index (χ1v) is 4.84. The van der Waals surface area contributed by atoms with Crippen LogP contribution in [0.5, 0.6) is 0 Å². The first-order chi connectivity index (χ1) is 4.60. The normalized spacial score (nSPS) is 34.5. The zero-order valence-electron chi connectivity index (χ0n) is 6.60. The van der Waals surface area contributed by atoms with Crippen molar-refractivity contribution in [1.29, 1.82) is 0 Å². The van der Waals surface area contributed by atoms with Gasteiger partial charge in [0.15, 0.2) is 0 Å². The molecule has 1 fully saturated rings. The van der Waals surface area contributed by atoms with Crippen molar-refractivity contribution in [3.8, 4) is 0 Å². The number of halogens is 1. The summed E-state index contributed by atoms with van der Waals surface area (Å²) in [6.07, 6.45) is 1.25. The molecule has 0 aromatic rings. The molecule has 2 nitrogen and oxygen atoms in total. The van der Waals surface area contributed by atoms with E-state index in [-0.39, 0.29) is 3.55 Å². The summed E-state index contributed by atoms with van der Waals surface area (Å²) in [5.41, 5.74) is 5.65. The predicted octanol–water partition coefficient (Wildman–Crippen LogP) is 1.19. The van der Waals surface area contributed by atoms with Gasteiger partial charge < -0.3 is 5.73 Å². The summed E-state index contributed by atoms with van der Waals surface area (Å²) in [5.74, 6) is 0. The van der Waals surface area contributed by atoms with E-state index < -0.39 is 0 Å². The van der Waals surface area contributed by atoms with Gasteiger partial charge in [-0.1, -0.05) is 22.6 Å². The zero-order chi connectivity index (χ0) is 7.78. The molecule has 1 rings (SSSR count). The summed E-state index contributed by atoms with van der Waals surface area (Å²) in [5, 5.41) is 0. The topological polar surface area (TPSA) is 29.3 Å². The van der Waals surface area contributed by atoms with Gasteiger partial charge in [-0.05, 0) is 20.3 Å². The quantitative estimate of drug-likeness (QED) is 0.455. The van der Waals surface area contributed by atoms with Gasteiger partial charge in [0.1, 0.15) is 0 Å². The number of hydrogen-bond donors (Lipinski definition) is 1. The summed E-state index contributed by atoms with van der Waals surface area (Å²) < 4.78 is 0.284. The molecule has 60 valence electrons. The average molecular weight is 254 g/mol. The molecule has 0 spiro atoms. The van der Waals surface area contributed by atoms with Crippen LogP contribution in [0.15, 0.2) is 0 Å². The molecule has 1 saturated heterocycles. The van der Waals surface area contributed by atoms with Gasteiger partial charge in [-0.2, -0.15) is 0 Å². The van der Waals surface area contributed by atoms with Gasteiger partial charge in [0.25, 0.3) is 0 Å². The highest BCUT2D eigenvalue weighted by Crippen LogP contribution is 2.37. The second-order valence-electron chi connectivity index (χ2n) is 3.16. The maximum Gasteiger partial charge on any atom is 0.0868 e. The molecule has 0 amide bonds. The monoisotopic (exact) mass is 254 g/mol. The molecule has 0 radical (unpaired) electrons. The molecule has 3 heteroatoms. The van der Waals surface area contributed by atoms with Crippen LogP contribution in [-0.2, 0) is 0 Å². The number of nitrogens with two attached hydrogens (primary N) is 1. The van der Waals surface area contributed by atoms with E-state index >= 15 is 0 Å². The summed E-state index contributed by atoms with van der Waals surface area (Å²) in [4.78, 5) is 2.45. The summed E-state index contributed by atoms with van der Waals surface area (Å²) in [6, 6.07) is 0.647. The Bertz CT molecular complexity index is 123. The second-order valence-corrected chi connectivity index (χ2v) is 5.17. The predicted molar refractivity (Wildman–Crippen MR) is 52.3 cm³/mol. The highest BCUT2D eigenvalue weighted by Gasteiger charge is 2.42. The zero-order valence-corrected chi connectivity index (χ0v) is 8.76. The Morgan fingerprint density at radius 2 is 2.30 bits per heavy atom. The van der Waals surface area contributed by atoms with E-state index in [0.717, 1.165) is 6.54 Å². The van der Waals surface area contributed by atoms with E-state index in [1.807, 2.05) is 0 Å². The highest BCUT2D eigenvalue weighted by molar-refractivity contribution is 14.1. The van der Waals surface area contributed by atoms with Gasteiger partial charge in [-0.25, -0.2) is 0 Å². The fourth-order valence-electron chi connectivity index (χ4n) is 1.42.